The molecule has 1 aromatic heterocycles. The van der Waals surface area contributed by atoms with E-state index in [0.29, 0.717) is 16.8 Å². The van der Waals surface area contributed by atoms with E-state index in [1.54, 1.807) is 36.4 Å². The van der Waals surface area contributed by atoms with E-state index < -0.39 is 0 Å². The molecule has 2 N–H and O–H groups in total. The molecule has 28 heavy (non-hydrogen) atoms. The van der Waals surface area contributed by atoms with Crippen molar-refractivity contribution in [3.05, 3.63) is 100 Å². The number of nitrogens with one attached hydrogen (secondary N) is 2. The minimum atomic E-state index is -0.352. The zero-order valence-electron chi connectivity index (χ0n) is 14.8. The zero-order chi connectivity index (χ0) is 19.8. The number of hydrogen-bond donors (Lipinski definition) is 2. The van der Waals surface area contributed by atoms with Crippen LogP contribution in [0.2, 0.25) is 0 Å². The summed E-state index contributed by atoms with van der Waals surface area (Å²) in [4.78, 5) is 28.5. The molecule has 1 heterocycles. The summed E-state index contributed by atoms with van der Waals surface area (Å²) < 4.78 is 0.898. The number of nitrogens with zero attached hydrogens (tertiary/aromatic N) is 2. The molecule has 0 radical (unpaired) electrons. The number of carbonyl (C=O) groups is 2. The lowest BCUT2D eigenvalue weighted by atomic mass is 10.1. The fraction of sp³-hybridized carbons (Fsp3) is 0.0476. The summed E-state index contributed by atoms with van der Waals surface area (Å²) in [5.74, 6) is -0.577. The molecule has 7 heteroatoms. The number of amides is 2. The Labute approximate surface area is 170 Å². The van der Waals surface area contributed by atoms with Crippen molar-refractivity contribution in [1.29, 1.82) is 0 Å². The molecule has 0 bridgehead atoms. The van der Waals surface area contributed by atoms with Crippen molar-refractivity contribution >= 4 is 33.5 Å². The molecule has 3 rings (SSSR count). The topological polar surface area (TPSA) is 83.5 Å². The van der Waals surface area contributed by atoms with E-state index in [1.165, 1.54) is 12.4 Å². The Balaban J connectivity index is 1.73. The Hall–Kier alpha value is -3.32. The van der Waals surface area contributed by atoms with E-state index in [9.17, 15) is 9.59 Å². The van der Waals surface area contributed by atoms with Gasteiger partial charge in [0.05, 0.1) is 12.3 Å². The highest BCUT2D eigenvalue weighted by atomic mass is 79.9. The molecule has 0 saturated heterocycles. The second-order valence-corrected chi connectivity index (χ2v) is 6.71. The highest BCUT2D eigenvalue weighted by Crippen LogP contribution is 2.10. The van der Waals surface area contributed by atoms with Gasteiger partial charge in [0.1, 0.15) is 0 Å². The highest BCUT2D eigenvalue weighted by molar-refractivity contribution is 9.10. The van der Waals surface area contributed by atoms with Gasteiger partial charge in [-0.2, -0.15) is 5.10 Å². The van der Waals surface area contributed by atoms with E-state index in [1.807, 2.05) is 30.3 Å². The van der Waals surface area contributed by atoms with Gasteiger partial charge in [0.25, 0.3) is 11.8 Å². The molecule has 2 amide bonds. The van der Waals surface area contributed by atoms with Crippen LogP contribution < -0.4 is 10.7 Å². The second kappa shape index (κ2) is 9.57. The lowest BCUT2D eigenvalue weighted by Crippen LogP contribution is -2.32. The summed E-state index contributed by atoms with van der Waals surface area (Å²) in [5.41, 5.74) is 4.86. The van der Waals surface area contributed by atoms with Crippen molar-refractivity contribution in [3.63, 3.8) is 0 Å². The summed E-state index contributed by atoms with van der Waals surface area (Å²) in [6, 6.07) is 19.6. The molecule has 0 saturated carbocycles. The average molecular weight is 437 g/mol. The van der Waals surface area contributed by atoms with Crippen molar-refractivity contribution in [1.82, 2.24) is 15.7 Å². The summed E-state index contributed by atoms with van der Waals surface area (Å²) in [6.45, 7) is 0.162. The van der Waals surface area contributed by atoms with Gasteiger partial charge in [-0.25, -0.2) is 5.43 Å². The summed E-state index contributed by atoms with van der Waals surface area (Å²) in [6.07, 6.45) is 3.07. The second-order valence-electron chi connectivity index (χ2n) is 5.79. The van der Waals surface area contributed by atoms with Gasteiger partial charge in [0.2, 0.25) is 0 Å². The first-order valence-electron chi connectivity index (χ1n) is 8.49. The predicted molar refractivity (Wildman–Crippen MR) is 111 cm³/mol. The van der Waals surface area contributed by atoms with Gasteiger partial charge in [-0.15, -0.1) is 0 Å². The average Bonchev–Trinajstić information content (AvgIpc) is 2.75. The lowest BCUT2D eigenvalue weighted by Gasteiger charge is -2.10. The van der Waals surface area contributed by atoms with Crippen molar-refractivity contribution in [2.75, 3.05) is 6.54 Å². The van der Waals surface area contributed by atoms with Crippen LogP contribution in [0, 0.1) is 0 Å². The molecule has 0 atom stereocenters. The van der Waals surface area contributed by atoms with E-state index in [2.05, 4.69) is 36.8 Å². The number of benzene rings is 2. The number of aromatic nitrogens is 1. The number of carbonyl (C=O) groups excluding carboxylic acids is 2. The lowest BCUT2D eigenvalue weighted by molar-refractivity contribution is 0.0951. The van der Waals surface area contributed by atoms with Gasteiger partial charge >= 0.3 is 0 Å². The Morgan fingerprint density at radius 3 is 2.14 bits per heavy atom. The van der Waals surface area contributed by atoms with Crippen LogP contribution >= 0.6 is 15.9 Å². The third-order valence-electron chi connectivity index (χ3n) is 3.86. The Morgan fingerprint density at radius 2 is 1.46 bits per heavy atom. The van der Waals surface area contributed by atoms with Gasteiger partial charge in [0, 0.05) is 28.0 Å². The molecule has 0 aliphatic heterocycles. The maximum absolute atomic E-state index is 12.4. The minimum Gasteiger partial charge on any atom is -0.346 e. The van der Waals surface area contributed by atoms with E-state index >= 15 is 0 Å². The molecule has 2 aromatic carbocycles. The van der Waals surface area contributed by atoms with Crippen LogP contribution in [0.15, 0.2) is 88.7 Å². The van der Waals surface area contributed by atoms with Crippen LogP contribution in [0.5, 0.6) is 0 Å². The first-order chi connectivity index (χ1) is 13.6. The maximum atomic E-state index is 12.4. The van der Waals surface area contributed by atoms with Crippen LogP contribution in [-0.4, -0.2) is 29.1 Å². The molecule has 0 aliphatic rings. The van der Waals surface area contributed by atoms with Crippen LogP contribution in [0.4, 0.5) is 0 Å². The molecule has 0 spiro atoms. The van der Waals surface area contributed by atoms with Crippen LogP contribution in [0.3, 0.4) is 0 Å². The largest absolute Gasteiger partial charge is 0.346 e. The highest BCUT2D eigenvalue weighted by Gasteiger charge is 2.10. The van der Waals surface area contributed by atoms with Crippen LogP contribution in [-0.2, 0) is 0 Å². The molecule has 6 nitrogen and oxygen atoms in total. The molecule has 0 unspecified atom stereocenters. The minimum absolute atomic E-state index is 0.162. The molecular weight excluding hydrogens is 420 g/mol. The van der Waals surface area contributed by atoms with Gasteiger partial charge in [0.15, 0.2) is 0 Å². The van der Waals surface area contributed by atoms with Crippen LogP contribution in [0.25, 0.3) is 0 Å². The summed E-state index contributed by atoms with van der Waals surface area (Å²) in [5, 5.41) is 7.06. The van der Waals surface area contributed by atoms with Crippen LogP contribution in [0.1, 0.15) is 26.3 Å². The summed E-state index contributed by atoms with van der Waals surface area (Å²) >= 11 is 3.35. The third-order valence-corrected chi connectivity index (χ3v) is 4.39. The van der Waals surface area contributed by atoms with E-state index in [4.69, 9.17) is 0 Å². The quantitative estimate of drug-likeness (QED) is 0.458. The number of hydrogen-bond acceptors (Lipinski definition) is 4. The van der Waals surface area contributed by atoms with Gasteiger partial charge in [-0.1, -0.05) is 46.3 Å². The molecule has 3 aromatic rings. The normalized spacial score (nSPS) is 11.0. The Bertz CT molecular complexity index is 974. The molecule has 0 fully saturated rings. The van der Waals surface area contributed by atoms with Gasteiger partial charge in [-0.3, -0.25) is 14.6 Å². The first-order valence-corrected chi connectivity index (χ1v) is 9.29. The number of pyridine rings is 1. The standard InChI is InChI=1S/C21H17BrN4O2/c22-18-8-6-16(7-9-18)20(27)24-14-19(15-4-2-1-3-5-15)25-26-21(28)17-10-12-23-13-11-17/h1-13H,14H2,(H,24,27)(H,26,28)/b25-19+. The molecule has 0 aliphatic carbocycles. The Kier molecular flexibility index (Phi) is 6.64. The number of halogens is 1. The summed E-state index contributed by atoms with van der Waals surface area (Å²) in [7, 11) is 0. The molecule has 140 valence electrons. The predicted octanol–water partition coefficient (Wildman–Crippen LogP) is 3.41. The van der Waals surface area contributed by atoms with E-state index in [-0.39, 0.29) is 18.4 Å². The Morgan fingerprint density at radius 1 is 0.821 bits per heavy atom. The molecular formula is C21H17BrN4O2. The smallest absolute Gasteiger partial charge is 0.271 e. The number of rotatable bonds is 6. The fourth-order valence-electron chi connectivity index (χ4n) is 2.39. The van der Waals surface area contributed by atoms with Crippen molar-refractivity contribution in [3.8, 4) is 0 Å². The zero-order valence-corrected chi connectivity index (χ0v) is 16.4. The fourth-order valence-corrected chi connectivity index (χ4v) is 2.65. The first kappa shape index (κ1) is 19.4. The third kappa shape index (κ3) is 5.34. The van der Waals surface area contributed by atoms with E-state index in [0.717, 1.165) is 10.0 Å². The monoisotopic (exact) mass is 436 g/mol. The number of hydrazone groups is 1. The SMILES string of the molecule is O=C(NC/C(=N\NC(=O)c1ccncc1)c1ccccc1)c1ccc(Br)cc1. The van der Waals surface area contributed by atoms with Crippen molar-refractivity contribution in [2.24, 2.45) is 5.10 Å². The van der Waals surface area contributed by atoms with Gasteiger partial charge in [-0.05, 0) is 42.0 Å². The van der Waals surface area contributed by atoms with Crippen molar-refractivity contribution < 1.29 is 9.59 Å². The van der Waals surface area contributed by atoms with Gasteiger partial charge < -0.3 is 5.32 Å². The van der Waals surface area contributed by atoms with Crippen molar-refractivity contribution in [2.45, 2.75) is 0 Å². The maximum Gasteiger partial charge on any atom is 0.271 e.